The monoisotopic (exact) mass is 556 g/mol. The number of hydrogen-bond donors (Lipinski definition) is 1. The van der Waals surface area contributed by atoms with E-state index in [1.54, 1.807) is 6.92 Å². The molecule has 0 spiro atoms. The molecule has 3 aliphatic rings. The number of Topliss-reactive ketones (excluding diaryl/α,β-unsaturated/α-hetero) is 1. The van der Waals surface area contributed by atoms with Gasteiger partial charge in [0, 0.05) is 26.1 Å². The van der Waals surface area contributed by atoms with Crippen LogP contribution in [0.5, 0.6) is 0 Å². The van der Waals surface area contributed by atoms with Crippen molar-refractivity contribution in [2.75, 3.05) is 13.2 Å². The Morgan fingerprint density at radius 3 is 2.45 bits per heavy atom. The van der Waals surface area contributed by atoms with E-state index in [9.17, 15) is 9.90 Å². The number of aliphatic hydroxyl groups is 1. The van der Waals surface area contributed by atoms with Crippen molar-refractivity contribution >= 4 is 5.78 Å². The third-order valence-corrected chi connectivity index (χ3v) is 8.84. The average Bonchev–Trinajstić information content (AvgIpc) is 3.26. The van der Waals surface area contributed by atoms with Crippen LogP contribution in [0.2, 0.25) is 0 Å². The standard InChI is InChI=1S/C34H52O6/c1-26(35)13-5-2-3-8-16-29-30(32(25-31(29)36)40-34-18-10-12-24-38-34)22-21-28(39-33-17-9-11-23-37-33)20-19-27-14-6-4-7-15-27/h3-4,6-8,14-15,28-34,36H,2,5,9-13,16-25H2,1H3/b8-3-/t28-,29+,30+,31-,32+,33?,34?/m0/s1. The van der Waals surface area contributed by atoms with E-state index in [0.29, 0.717) is 12.8 Å². The number of unbranched alkanes of at least 4 members (excludes halogenated alkanes) is 1. The van der Waals surface area contributed by atoms with Gasteiger partial charge in [-0.05, 0) is 108 Å². The summed E-state index contributed by atoms with van der Waals surface area (Å²) < 4.78 is 25.0. The summed E-state index contributed by atoms with van der Waals surface area (Å²) >= 11 is 0. The highest BCUT2D eigenvalue weighted by Crippen LogP contribution is 2.41. The highest BCUT2D eigenvalue weighted by Gasteiger charge is 2.43. The van der Waals surface area contributed by atoms with Crippen molar-refractivity contribution in [3.63, 3.8) is 0 Å². The summed E-state index contributed by atoms with van der Waals surface area (Å²) in [6, 6.07) is 10.6. The second-order valence-corrected chi connectivity index (χ2v) is 12.1. The quantitative estimate of drug-likeness (QED) is 0.176. The molecule has 2 unspecified atom stereocenters. The maximum Gasteiger partial charge on any atom is 0.157 e. The fourth-order valence-electron chi connectivity index (χ4n) is 6.55. The second kappa shape index (κ2) is 17.4. The van der Waals surface area contributed by atoms with E-state index in [1.807, 2.05) is 0 Å². The topological polar surface area (TPSA) is 74.2 Å². The normalized spacial score (nSPS) is 30.1. The Bertz CT molecular complexity index is 860. The summed E-state index contributed by atoms with van der Waals surface area (Å²) in [5.74, 6) is 0.642. The van der Waals surface area contributed by atoms with E-state index in [-0.39, 0.29) is 48.5 Å². The van der Waals surface area contributed by atoms with E-state index in [0.717, 1.165) is 96.7 Å². The van der Waals surface area contributed by atoms with Gasteiger partial charge >= 0.3 is 0 Å². The Hall–Kier alpha value is -1.57. The lowest BCUT2D eigenvalue weighted by Gasteiger charge is -2.32. The largest absolute Gasteiger partial charge is 0.393 e. The van der Waals surface area contributed by atoms with Gasteiger partial charge in [0.15, 0.2) is 12.6 Å². The first-order valence-corrected chi connectivity index (χ1v) is 16.0. The highest BCUT2D eigenvalue weighted by atomic mass is 16.7. The molecular formula is C34H52O6. The second-order valence-electron chi connectivity index (χ2n) is 12.1. The summed E-state index contributed by atoms with van der Waals surface area (Å²) in [6.07, 6.45) is 17.9. The number of rotatable bonds is 16. The summed E-state index contributed by atoms with van der Waals surface area (Å²) in [7, 11) is 0. The Labute approximate surface area is 241 Å². The van der Waals surface area contributed by atoms with Crippen molar-refractivity contribution in [3.05, 3.63) is 48.0 Å². The van der Waals surface area contributed by atoms with E-state index >= 15 is 0 Å². The third kappa shape index (κ3) is 10.7. The van der Waals surface area contributed by atoms with Gasteiger partial charge in [-0.3, -0.25) is 0 Å². The molecule has 0 radical (unpaired) electrons. The highest BCUT2D eigenvalue weighted by molar-refractivity contribution is 5.75. The Kier molecular flexibility index (Phi) is 13.6. The lowest BCUT2D eigenvalue weighted by molar-refractivity contribution is -0.200. The molecule has 224 valence electrons. The number of aliphatic hydroxyl groups excluding tert-OH is 1. The molecule has 2 saturated heterocycles. The number of carbonyl (C=O) groups excluding carboxylic acids is 1. The molecule has 1 saturated carbocycles. The SMILES string of the molecule is CC(=O)CCC/C=C\C[C@@H]1[C@@H](CC[C@H](CCc2ccccc2)OC2CCCCO2)[C@H](OC2CCCCO2)C[C@@H]1O. The fraction of sp³-hybridized carbons (Fsp3) is 0.735. The zero-order chi connectivity index (χ0) is 28.0. The average molecular weight is 557 g/mol. The molecule has 0 bridgehead atoms. The predicted octanol–water partition coefficient (Wildman–Crippen LogP) is 6.93. The van der Waals surface area contributed by atoms with Gasteiger partial charge in [-0.1, -0.05) is 42.5 Å². The van der Waals surface area contributed by atoms with Gasteiger partial charge in [-0.2, -0.15) is 0 Å². The van der Waals surface area contributed by atoms with Crippen LogP contribution in [0, 0.1) is 11.8 Å². The Morgan fingerprint density at radius 2 is 1.75 bits per heavy atom. The van der Waals surface area contributed by atoms with E-state index < -0.39 is 0 Å². The number of ether oxygens (including phenoxy) is 4. The van der Waals surface area contributed by atoms with Gasteiger partial charge in [-0.15, -0.1) is 0 Å². The van der Waals surface area contributed by atoms with Crippen molar-refractivity contribution in [1.29, 1.82) is 0 Å². The van der Waals surface area contributed by atoms with Crippen molar-refractivity contribution in [2.24, 2.45) is 11.8 Å². The van der Waals surface area contributed by atoms with Crippen molar-refractivity contribution in [3.8, 4) is 0 Å². The minimum atomic E-state index is -0.383. The van der Waals surface area contributed by atoms with Crippen LogP contribution >= 0.6 is 0 Å². The fourth-order valence-corrected chi connectivity index (χ4v) is 6.55. The Morgan fingerprint density at radius 1 is 1.00 bits per heavy atom. The van der Waals surface area contributed by atoms with Crippen molar-refractivity contribution < 1.29 is 28.8 Å². The lowest BCUT2D eigenvalue weighted by Crippen LogP contribution is -2.33. The third-order valence-electron chi connectivity index (χ3n) is 8.84. The summed E-state index contributed by atoms with van der Waals surface area (Å²) in [5, 5.41) is 11.2. The molecule has 1 aliphatic carbocycles. The molecule has 40 heavy (non-hydrogen) atoms. The molecule has 4 rings (SSSR count). The minimum absolute atomic E-state index is 0.00471. The first-order valence-electron chi connectivity index (χ1n) is 16.0. The Balaban J connectivity index is 1.39. The van der Waals surface area contributed by atoms with Crippen molar-refractivity contribution in [1.82, 2.24) is 0 Å². The molecule has 2 aliphatic heterocycles. The number of carbonyl (C=O) groups is 1. The predicted molar refractivity (Wildman–Crippen MR) is 157 cm³/mol. The number of aryl methyl sites for hydroxylation is 1. The zero-order valence-corrected chi connectivity index (χ0v) is 24.6. The van der Waals surface area contributed by atoms with Crippen LogP contribution in [-0.4, -0.2) is 55.0 Å². The molecule has 1 N–H and O–H groups in total. The number of hydrogen-bond acceptors (Lipinski definition) is 6. The van der Waals surface area contributed by atoms with Gasteiger partial charge in [0.1, 0.15) is 5.78 Å². The van der Waals surface area contributed by atoms with Crippen LogP contribution in [0.3, 0.4) is 0 Å². The summed E-state index contributed by atoms with van der Waals surface area (Å²) in [4.78, 5) is 11.3. The molecule has 2 heterocycles. The van der Waals surface area contributed by atoms with Crippen molar-refractivity contribution in [2.45, 2.75) is 134 Å². The number of ketones is 1. The molecule has 1 aromatic rings. The van der Waals surface area contributed by atoms with Crippen LogP contribution in [0.4, 0.5) is 0 Å². The first kappa shape index (κ1) is 31.4. The molecular weight excluding hydrogens is 504 g/mol. The molecule has 1 aromatic carbocycles. The van der Waals surface area contributed by atoms with Crippen LogP contribution < -0.4 is 0 Å². The smallest absolute Gasteiger partial charge is 0.157 e. The van der Waals surface area contributed by atoms with Crippen LogP contribution in [0.1, 0.15) is 102 Å². The van der Waals surface area contributed by atoms with Gasteiger partial charge < -0.3 is 28.8 Å². The molecule has 6 nitrogen and oxygen atoms in total. The first-order chi connectivity index (χ1) is 19.6. The summed E-state index contributed by atoms with van der Waals surface area (Å²) in [5.41, 5.74) is 1.33. The van der Waals surface area contributed by atoms with E-state index in [1.165, 1.54) is 5.56 Å². The van der Waals surface area contributed by atoms with Gasteiger partial charge in [-0.25, -0.2) is 0 Å². The lowest BCUT2D eigenvalue weighted by atomic mass is 9.85. The molecule has 6 heteroatoms. The molecule has 3 fully saturated rings. The maximum atomic E-state index is 11.3. The van der Waals surface area contributed by atoms with E-state index in [2.05, 4.69) is 42.5 Å². The number of benzene rings is 1. The van der Waals surface area contributed by atoms with Gasteiger partial charge in [0.25, 0.3) is 0 Å². The maximum absolute atomic E-state index is 11.3. The molecule has 0 amide bonds. The van der Waals surface area contributed by atoms with Crippen LogP contribution in [0.15, 0.2) is 42.5 Å². The van der Waals surface area contributed by atoms with Crippen LogP contribution in [-0.2, 0) is 30.2 Å². The minimum Gasteiger partial charge on any atom is -0.393 e. The van der Waals surface area contributed by atoms with Gasteiger partial charge in [0.2, 0.25) is 0 Å². The molecule has 0 aromatic heterocycles. The van der Waals surface area contributed by atoms with Crippen LogP contribution in [0.25, 0.3) is 0 Å². The molecule has 7 atom stereocenters. The van der Waals surface area contributed by atoms with Gasteiger partial charge in [0.05, 0.1) is 18.3 Å². The van der Waals surface area contributed by atoms with E-state index in [4.69, 9.17) is 18.9 Å². The number of allylic oxidation sites excluding steroid dienone is 2. The summed E-state index contributed by atoms with van der Waals surface area (Å²) in [6.45, 7) is 3.19. The zero-order valence-electron chi connectivity index (χ0n) is 24.6.